The van der Waals surface area contributed by atoms with Crippen molar-refractivity contribution in [2.24, 2.45) is 0 Å². The summed E-state index contributed by atoms with van der Waals surface area (Å²) in [6.45, 7) is 2.59. The highest BCUT2D eigenvalue weighted by Gasteiger charge is 2.18. The summed E-state index contributed by atoms with van der Waals surface area (Å²) in [5.41, 5.74) is 3.49. The van der Waals surface area contributed by atoms with E-state index >= 15 is 0 Å². The van der Waals surface area contributed by atoms with Gasteiger partial charge in [0.1, 0.15) is 5.69 Å². The number of rotatable bonds is 5. The Labute approximate surface area is 161 Å². The molecule has 0 aliphatic heterocycles. The molecule has 2 heterocycles. The van der Waals surface area contributed by atoms with Gasteiger partial charge in [0, 0.05) is 18.3 Å². The number of hydrogen-bond acceptors (Lipinski definition) is 4. The fourth-order valence-electron chi connectivity index (χ4n) is 2.89. The van der Waals surface area contributed by atoms with Crippen LogP contribution in [-0.2, 0) is 6.54 Å². The Kier molecular flexibility index (Phi) is 4.80. The second-order valence-corrected chi connectivity index (χ2v) is 6.91. The molecule has 27 heavy (non-hydrogen) atoms. The third kappa shape index (κ3) is 3.52. The molecule has 0 aliphatic rings. The van der Waals surface area contributed by atoms with Crippen LogP contribution in [0.1, 0.15) is 17.4 Å². The van der Waals surface area contributed by atoms with E-state index in [-0.39, 0.29) is 5.91 Å². The fraction of sp³-hybridized carbons (Fsp3) is 0.0952. The number of carbonyl (C=O) groups is 1. The quantitative estimate of drug-likeness (QED) is 0.538. The Morgan fingerprint density at radius 2 is 1.67 bits per heavy atom. The Balaban J connectivity index is 1.72. The zero-order chi connectivity index (χ0) is 18.6. The van der Waals surface area contributed by atoms with Crippen LogP contribution in [0.4, 0.5) is 5.13 Å². The van der Waals surface area contributed by atoms with Gasteiger partial charge in [0.05, 0.1) is 10.6 Å². The lowest BCUT2D eigenvalue weighted by molar-refractivity contribution is 0.101. The maximum atomic E-state index is 12.6. The number of amides is 1. The Bertz CT molecular complexity index is 997. The van der Waals surface area contributed by atoms with Crippen LogP contribution < -0.4 is 5.32 Å². The second-order valence-electron chi connectivity index (χ2n) is 5.92. The van der Waals surface area contributed by atoms with Crippen LogP contribution in [0.5, 0.6) is 0 Å². The molecule has 0 fully saturated rings. The van der Waals surface area contributed by atoms with Crippen LogP contribution in [-0.4, -0.2) is 20.7 Å². The number of nitrogens with one attached hydrogen (secondary N) is 1. The molecule has 5 nitrogen and oxygen atoms in total. The molecular formula is C21H18N4OS. The number of aryl methyl sites for hydroxylation is 1. The van der Waals surface area contributed by atoms with Crippen LogP contribution in [0.15, 0.2) is 72.9 Å². The minimum atomic E-state index is -0.206. The molecule has 0 atom stereocenters. The third-order valence-electron chi connectivity index (χ3n) is 4.18. The highest BCUT2D eigenvalue weighted by Crippen LogP contribution is 2.38. The Morgan fingerprint density at radius 1 is 1.00 bits per heavy atom. The molecule has 2 aromatic carbocycles. The van der Waals surface area contributed by atoms with Gasteiger partial charge in [0.15, 0.2) is 5.13 Å². The molecule has 0 spiro atoms. The second kappa shape index (κ2) is 7.55. The van der Waals surface area contributed by atoms with Gasteiger partial charge in [-0.2, -0.15) is 5.10 Å². The van der Waals surface area contributed by atoms with Crippen molar-refractivity contribution >= 4 is 22.4 Å². The summed E-state index contributed by atoms with van der Waals surface area (Å²) in [5.74, 6) is -0.206. The average molecular weight is 374 g/mol. The van der Waals surface area contributed by atoms with Gasteiger partial charge in [-0.3, -0.25) is 14.8 Å². The number of anilines is 1. The van der Waals surface area contributed by atoms with Crippen molar-refractivity contribution < 1.29 is 4.79 Å². The predicted molar refractivity (Wildman–Crippen MR) is 109 cm³/mol. The van der Waals surface area contributed by atoms with E-state index in [0.717, 1.165) is 21.7 Å². The van der Waals surface area contributed by atoms with E-state index in [1.165, 1.54) is 11.3 Å². The first-order chi connectivity index (χ1) is 13.3. The molecule has 1 amide bonds. The number of thiazole rings is 1. The first kappa shape index (κ1) is 17.2. The summed E-state index contributed by atoms with van der Waals surface area (Å²) in [6.07, 6.45) is 1.63. The van der Waals surface area contributed by atoms with E-state index < -0.39 is 0 Å². The molecule has 0 aliphatic carbocycles. The van der Waals surface area contributed by atoms with E-state index in [9.17, 15) is 4.79 Å². The summed E-state index contributed by atoms with van der Waals surface area (Å²) >= 11 is 1.47. The van der Waals surface area contributed by atoms with Gasteiger partial charge in [-0.15, -0.1) is 0 Å². The van der Waals surface area contributed by atoms with Crippen LogP contribution in [0.3, 0.4) is 0 Å². The standard InChI is InChI=1S/C21H18N4OS/c1-2-25-17(13-14-22-25)20(26)24-21-23-18(15-9-5-3-6-10-15)19(27-21)16-11-7-4-8-12-16/h3-14H,2H2,1H3,(H,23,24,26). The van der Waals surface area contributed by atoms with Gasteiger partial charge >= 0.3 is 0 Å². The molecule has 4 rings (SSSR count). The molecule has 0 saturated heterocycles. The monoisotopic (exact) mass is 374 g/mol. The maximum absolute atomic E-state index is 12.6. The number of aromatic nitrogens is 3. The van der Waals surface area contributed by atoms with Gasteiger partial charge in [-0.1, -0.05) is 72.0 Å². The van der Waals surface area contributed by atoms with Crippen LogP contribution >= 0.6 is 11.3 Å². The largest absolute Gasteiger partial charge is 0.296 e. The lowest BCUT2D eigenvalue weighted by Gasteiger charge is -2.03. The molecule has 6 heteroatoms. The third-order valence-corrected chi connectivity index (χ3v) is 5.20. The summed E-state index contributed by atoms with van der Waals surface area (Å²) < 4.78 is 1.67. The van der Waals surface area contributed by atoms with Gasteiger partial charge < -0.3 is 0 Å². The van der Waals surface area contributed by atoms with Gasteiger partial charge in [0.25, 0.3) is 5.91 Å². The zero-order valence-electron chi connectivity index (χ0n) is 14.8. The van der Waals surface area contributed by atoms with E-state index in [1.807, 2.05) is 55.5 Å². The van der Waals surface area contributed by atoms with Crippen molar-refractivity contribution in [2.45, 2.75) is 13.5 Å². The minimum Gasteiger partial charge on any atom is -0.296 e. The number of carbonyl (C=O) groups excluding carboxylic acids is 1. The predicted octanol–water partition coefficient (Wildman–Crippen LogP) is 4.95. The Hall–Kier alpha value is -3.25. The molecule has 0 unspecified atom stereocenters. The summed E-state index contributed by atoms with van der Waals surface area (Å²) in [5, 5.41) is 7.65. The highest BCUT2D eigenvalue weighted by atomic mass is 32.1. The first-order valence-corrected chi connectivity index (χ1v) is 9.52. The van der Waals surface area contributed by atoms with E-state index in [1.54, 1.807) is 16.9 Å². The van der Waals surface area contributed by atoms with Gasteiger partial charge in [-0.25, -0.2) is 4.98 Å². The van der Waals surface area contributed by atoms with Crippen molar-refractivity contribution in [3.63, 3.8) is 0 Å². The molecule has 0 radical (unpaired) electrons. The SMILES string of the molecule is CCn1nccc1C(=O)Nc1nc(-c2ccccc2)c(-c2ccccc2)s1. The van der Waals surface area contributed by atoms with Crippen LogP contribution in [0, 0.1) is 0 Å². The van der Waals surface area contributed by atoms with Crippen molar-refractivity contribution in [3.8, 4) is 21.7 Å². The molecule has 134 valence electrons. The topological polar surface area (TPSA) is 59.8 Å². The Morgan fingerprint density at radius 3 is 2.33 bits per heavy atom. The molecule has 2 aromatic heterocycles. The molecule has 0 saturated carbocycles. The van der Waals surface area contributed by atoms with Crippen LogP contribution in [0.25, 0.3) is 21.7 Å². The smallest absolute Gasteiger partial charge is 0.275 e. The number of benzene rings is 2. The minimum absolute atomic E-state index is 0.206. The van der Waals surface area contributed by atoms with Crippen molar-refractivity contribution in [1.29, 1.82) is 0 Å². The van der Waals surface area contributed by atoms with Crippen molar-refractivity contribution in [2.75, 3.05) is 5.32 Å². The lowest BCUT2D eigenvalue weighted by Crippen LogP contribution is -2.17. The summed E-state index contributed by atoms with van der Waals surface area (Å²) in [6, 6.07) is 21.8. The maximum Gasteiger partial charge on any atom is 0.275 e. The molecule has 4 aromatic rings. The van der Waals surface area contributed by atoms with Crippen LogP contribution in [0.2, 0.25) is 0 Å². The normalized spacial score (nSPS) is 10.7. The summed E-state index contributed by atoms with van der Waals surface area (Å²) in [4.78, 5) is 18.4. The zero-order valence-corrected chi connectivity index (χ0v) is 15.6. The average Bonchev–Trinajstić information content (AvgIpc) is 3.36. The molecule has 0 bridgehead atoms. The van der Waals surface area contributed by atoms with E-state index in [2.05, 4.69) is 22.5 Å². The van der Waals surface area contributed by atoms with Gasteiger partial charge in [-0.05, 0) is 18.6 Å². The highest BCUT2D eigenvalue weighted by molar-refractivity contribution is 7.19. The first-order valence-electron chi connectivity index (χ1n) is 8.71. The van der Waals surface area contributed by atoms with Gasteiger partial charge in [0.2, 0.25) is 0 Å². The molecule has 1 N–H and O–H groups in total. The summed E-state index contributed by atoms with van der Waals surface area (Å²) in [7, 11) is 0. The number of nitrogens with zero attached hydrogens (tertiary/aromatic N) is 3. The number of hydrogen-bond donors (Lipinski definition) is 1. The fourth-order valence-corrected chi connectivity index (χ4v) is 3.88. The van der Waals surface area contributed by atoms with E-state index in [0.29, 0.717) is 17.4 Å². The van der Waals surface area contributed by atoms with E-state index in [4.69, 9.17) is 4.98 Å². The van der Waals surface area contributed by atoms with Crippen molar-refractivity contribution in [3.05, 3.63) is 78.6 Å². The van der Waals surface area contributed by atoms with Crippen molar-refractivity contribution in [1.82, 2.24) is 14.8 Å². The lowest BCUT2D eigenvalue weighted by atomic mass is 10.1. The molecular weight excluding hydrogens is 356 g/mol.